The highest BCUT2D eigenvalue weighted by atomic mass is 16.7. The number of amides is 1. The SMILES string of the molecule is Cc1cc(-c2cccc(C(=O)NC(CO)CO)c2)ccc1OC1OC(CO)C(O)C(O)C1O. The van der Waals surface area contributed by atoms with E-state index in [-0.39, 0.29) is 13.2 Å². The highest BCUT2D eigenvalue weighted by Crippen LogP contribution is 2.30. The van der Waals surface area contributed by atoms with Gasteiger partial charge in [-0.2, -0.15) is 0 Å². The Balaban J connectivity index is 1.76. The largest absolute Gasteiger partial charge is 0.462 e. The summed E-state index contributed by atoms with van der Waals surface area (Å²) in [5.41, 5.74) is 2.57. The Hall–Kier alpha value is -2.57. The van der Waals surface area contributed by atoms with Crippen LogP contribution in [0.1, 0.15) is 15.9 Å². The summed E-state index contributed by atoms with van der Waals surface area (Å²) in [4.78, 5) is 12.4. The molecular formula is C23H29NO9. The third-order valence-electron chi connectivity index (χ3n) is 5.50. The first-order valence-electron chi connectivity index (χ1n) is 10.5. The summed E-state index contributed by atoms with van der Waals surface area (Å²) >= 11 is 0. The molecule has 1 saturated heterocycles. The van der Waals surface area contributed by atoms with E-state index in [1.54, 1.807) is 43.3 Å². The molecule has 1 fully saturated rings. The van der Waals surface area contributed by atoms with Crippen molar-refractivity contribution in [3.63, 3.8) is 0 Å². The number of rotatable bonds is 8. The molecule has 1 aliphatic rings. The second kappa shape index (κ2) is 11.0. The Labute approximate surface area is 190 Å². The van der Waals surface area contributed by atoms with Gasteiger partial charge in [-0.25, -0.2) is 0 Å². The zero-order valence-electron chi connectivity index (χ0n) is 18.0. The number of ether oxygens (including phenoxy) is 2. The van der Waals surface area contributed by atoms with Crippen molar-refractivity contribution in [2.45, 2.75) is 43.7 Å². The summed E-state index contributed by atoms with van der Waals surface area (Å²) in [5.74, 6) is -0.0602. The lowest BCUT2D eigenvalue weighted by molar-refractivity contribution is -0.277. The van der Waals surface area contributed by atoms with Crippen LogP contribution in [0.25, 0.3) is 11.1 Å². The Morgan fingerprint density at radius 2 is 1.70 bits per heavy atom. The molecule has 5 atom stereocenters. The Kier molecular flexibility index (Phi) is 8.38. The lowest BCUT2D eigenvalue weighted by Crippen LogP contribution is -2.60. The van der Waals surface area contributed by atoms with Gasteiger partial charge in [-0.15, -0.1) is 0 Å². The molecule has 7 N–H and O–H groups in total. The van der Waals surface area contributed by atoms with Gasteiger partial charge in [-0.05, 0) is 47.9 Å². The van der Waals surface area contributed by atoms with E-state index < -0.39 is 49.3 Å². The maximum absolute atomic E-state index is 12.4. The van der Waals surface area contributed by atoms with Crippen LogP contribution in [0.2, 0.25) is 0 Å². The molecule has 2 aromatic rings. The number of aryl methyl sites for hydroxylation is 1. The topological polar surface area (TPSA) is 169 Å². The smallest absolute Gasteiger partial charge is 0.251 e. The van der Waals surface area contributed by atoms with Gasteiger partial charge in [0.2, 0.25) is 6.29 Å². The van der Waals surface area contributed by atoms with E-state index in [1.807, 2.05) is 6.07 Å². The van der Waals surface area contributed by atoms with Crippen LogP contribution in [-0.2, 0) is 4.74 Å². The zero-order chi connectivity index (χ0) is 24.1. The van der Waals surface area contributed by atoms with E-state index in [0.29, 0.717) is 16.9 Å². The Morgan fingerprint density at radius 1 is 1.00 bits per heavy atom. The van der Waals surface area contributed by atoms with Gasteiger partial charge >= 0.3 is 0 Å². The van der Waals surface area contributed by atoms with Gasteiger partial charge in [0.1, 0.15) is 30.2 Å². The molecule has 180 valence electrons. The Bertz CT molecular complexity index is 947. The third-order valence-corrected chi connectivity index (χ3v) is 5.50. The van der Waals surface area contributed by atoms with Gasteiger partial charge < -0.3 is 45.4 Å². The van der Waals surface area contributed by atoms with Crippen LogP contribution in [-0.4, -0.2) is 93.1 Å². The van der Waals surface area contributed by atoms with Gasteiger partial charge in [-0.3, -0.25) is 4.79 Å². The fraction of sp³-hybridized carbons (Fsp3) is 0.435. The number of hydrogen-bond donors (Lipinski definition) is 7. The van der Waals surface area contributed by atoms with Crippen molar-refractivity contribution in [3.8, 4) is 16.9 Å². The first kappa shape index (κ1) is 25.1. The molecule has 3 rings (SSSR count). The van der Waals surface area contributed by atoms with Crippen molar-refractivity contribution >= 4 is 5.91 Å². The molecule has 0 bridgehead atoms. The van der Waals surface area contributed by atoms with Crippen LogP contribution >= 0.6 is 0 Å². The molecule has 1 aliphatic heterocycles. The van der Waals surface area contributed by atoms with Gasteiger partial charge in [0, 0.05) is 5.56 Å². The summed E-state index contributed by atoms with van der Waals surface area (Å²) in [6.45, 7) is 0.463. The van der Waals surface area contributed by atoms with Crippen molar-refractivity contribution < 1.29 is 44.9 Å². The van der Waals surface area contributed by atoms with E-state index >= 15 is 0 Å². The van der Waals surface area contributed by atoms with E-state index in [0.717, 1.165) is 11.1 Å². The molecule has 0 aromatic heterocycles. The maximum Gasteiger partial charge on any atom is 0.251 e. The first-order valence-corrected chi connectivity index (χ1v) is 10.5. The summed E-state index contributed by atoms with van der Waals surface area (Å²) < 4.78 is 11.1. The molecular weight excluding hydrogens is 434 g/mol. The number of nitrogens with one attached hydrogen (secondary N) is 1. The summed E-state index contributed by atoms with van der Waals surface area (Å²) in [6, 6.07) is 11.3. The number of hydrogen-bond acceptors (Lipinski definition) is 9. The van der Waals surface area contributed by atoms with Crippen molar-refractivity contribution in [1.82, 2.24) is 5.32 Å². The monoisotopic (exact) mass is 463 g/mol. The molecule has 0 aliphatic carbocycles. The van der Waals surface area contributed by atoms with E-state index in [1.165, 1.54) is 0 Å². The molecule has 0 radical (unpaired) electrons. The normalized spacial score (nSPS) is 25.2. The van der Waals surface area contributed by atoms with Crippen LogP contribution in [0.15, 0.2) is 42.5 Å². The number of aliphatic hydroxyl groups excluding tert-OH is 6. The molecule has 33 heavy (non-hydrogen) atoms. The zero-order valence-corrected chi connectivity index (χ0v) is 18.0. The van der Waals surface area contributed by atoms with E-state index in [9.17, 15) is 25.2 Å². The highest BCUT2D eigenvalue weighted by Gasteiger charge is 2.44. The number of carbonyl (C=O) groups is 1. The summed E-state index contributed by atoms with van der Waals surface area (Å²) in [5, 5.41) is 60.2. The minimum absolute atomic E-state index is 0.360. The van der Waals surface area contributed by atoms with Crippen molar-refractivity contribution in [2.24, 2.45) is 0 Å². The summed E-state index contributed by atoms with van der Waals surface area (Å²) in [6.07, 6.45) is -6.88. The second-order valence-corrected chi connectivity index (χ2v) is 7.91. The minimum atomic E-state index is -1.54. The van der Waals surface area contributed by atoms with Gasteiger partial charge in [0.25, 0.3) is 5.91 Å². The molecule has 5 unspecified atom stereocenters. The molecule has 1 heterocycles. The third kappa shape index (κ3) is 5.68. The Morgan fingerprint density at radius 3 is 2.33 bits per heavy atom. The van der Waals surface area contributed by atoms with Crippen LogP contribution in [0, 0.1) is 6.92 Å². The molecule has 0 saturated carbocycles. The molecule has 10 nitrogen and oxygen atoms in total. The van der Waals surface area contributed by atoms with E-state index in [2.05, 4.69) is 5.32 Å². The molecule has 1 amide bonds. The highest BCUT2D eigenvalue weighted by molar-refractivity contribution is 5.95. The van der Waals surface area contributed by atoms with Crippen molar-refractivity contribution in [2.75, 3.05) is 19.8 Å². The number of aliphatic hydroxyl groups is 6. The van der Waals surface area contributed by atoms with Gasteiger partial charge in [-0.1, -0.05) is 18.2 Å². The standard InChI is InChI=1S/C23H29NO9/c1-12-7-14(13-3-2-4-15(8-13)22(31)24-16(9-25)10-26)5-6-17(12)32-23-21(30)20(29)19(28)18(11-27)33-23/h2-8,16,18-21,23,25-30H,9-11H2,1H3,(H,24,31). The second-order valence-electron chi connectivity index (χ2n) is 7.91. The van der Waals surface area contributed by atoms with E-state index in [4.69, 9.17) is 19.7 Å². The minimum Gasteiger partial charge on any atom is -0.462 e. The molecule has 2 aromatic carbocycles. The van der Waals surface area contributed by atoms with Gasteiger partial charge in [0.15, 0.2) is 0 Å². The average molecular weight is 463 g/mol. The van der Waals surface area contributed by atoms with Crippen LogP contribution in [0.5, 0.6) is 5.75 Å². The number of benzene rings is 2. The lowest BCUT2D eigenvalue weighted by atomic mass is 9.99. The maximum atomic E-state index is 12.4. The van der Waals surface area contributed by atoms with Crippen LogP contribution in [0.3, 0.4) is 0 Å². The van der Waals surface area contributed by atoms with Gasteiger partial charge in [0.05, 0.1) is 25.9 Å². The first-order chi connectivity index (χ1) is 15.8. The fourth-order valence-corrected chi connectivity index (χ4v) is 3.51. The summed E-state index contributed by atoms with van der Waals surface area (Å²) in [7, 11) is 0. The predicted molar refractivity (Wildman–Crippen MR) is 116 cm³/mol. The predicted octanol–water partition coefficient (Wildman–Crippen LogP) is -1.08. The fourth-order valence-electron chi connectivity index (χ4n) is 3.51. The lowest BCUT2D eigenvalue weighted by Gasteiger charge is -2.39. The van der Waals surface area contributed by atoms with Crippen molar-refractivity contribution in [1.29, 1.82) is 0 Å². The quantitative estimate of drug-likeness (QED) is 0.258. The van der Waals surface area contributed by atoms with Crippen molar-refractivity contribution in [3.05, 3.63) is 53.6 Å². The molecule has 10 heteroatoms. The van der Waals surface area contributed by atoms with Crippen LogP contribution < -0.4 is 10.1 Å². The average Bonchev–Trinajstić information content (AvgIpc) is 2.83. The molecule has 0 spiro atoms. The number of carbonyl (C=O) groups excluding carboxylic acids is 1. The van der Waals surface area contributed by atoms with Crippen LogP contribution in [0.4, 0.5) is 0 Å².